The van der Waals surface area contributed by atoms with Gasteiger partial charge in [0.15, 0.2) is 12.4 Å². The summed E-state index contributed by atoms with van der Waals surface area (Å²) in [6, 6.07) is 0.902. The van der Waals surface area contributed by atoms with Crippen molar-refractivity contribution in [2.75, 3.05) is 19.8 Å². The van der Waals surface area contributed by atoms with Crippen LogP contribution in [0.4, 0.5) is 0 Å². The summed E-state index contributed by atoms with van der Waals surface area (Å²) in [6.07, 6.45) is 4.81. The number of fused-ring (bicyclic) bond motifs is 3. The Balaban J connectivity index is 1.59. The van der Waals surface area contributed by atoms with Crippen molar-refractivity contribution >= 4 is 46.4 Å². The highest BCUT2D eigenvalue weighted by Crippen LogP contribution is 2.57. The number of nitrogens with zero attached hydrogens (tertiary/aromatic N) is 1. The van der Waals surface area contributed by atoms with Gasteiger partial charge in [-0.15, -0.1) is 0 Å². The molecule has 2 N–H and O–H groups in total. The number of likely N-dealkylation sites (tertiary alicyclic amines) is 1. The number of carboxylic acid groups (broad SMARTS) is 1. The summed E-state index contributed by atoms with van der Waals surface area (Å²) in [6.45, 7) is 0.0224. The van der Waals surface area contributed by atoms with Gasteiger partial charge in [0.25, 0.3) is 5.91 Å². The number of carboxylic acids is 1. The number of ether oxygens (including phenoxy) is 1. The standard InChI is InChI=1S/C22H23Cl2NO6/c23-19-16(31-11-17(28)25-6-1-2-15(25)21(29)30)8-12-10-22(5-7-26)4-3-13(27)9-14(22)18(12)20(19)24/h8-9,15,26H,1-7,10-11H2,(H,29,30)/t15-,22?/m0/s1. The van der Waals surface area contributed by atoms with Gasteiger partial charge in [-0.1, -0.05) is 23.2 Å². The largest absolute Gasteiger partial charge is 0.482 e. The Morgan fingerprint density at radius 1 is 1.29 bits per heavy atom. The Kier molecular flexibility index (Phi) is 6.03. The van der Waals surface area contributed by atoms with Gasteiger partial charge in [-0.25, -0.2) is 4.79 Å². The Labute approximate surface area is 189 Å². The second-order valence-corrected chi connectivity index (χ2v) is 9.12. The predicted molar refractivity (Wildman–Crippen MR) is 114 cm³/mol. The molecule has 2 aliphatic carbocycles. The first-order valence-corrected chi connectivity index (χ1v) is 11.0. The molecule has 1 aromatic rings. The first kappa shape index (κ1) is 22.1. The number of ketones is 1. The molecule has 3 aliphatic rings. The Bertz CT molecular complexity index is 991. The highest BCUT2D eigenvalue weighted by molar-refractivity contribution is 6.44. The van der Waals surface area contributed by atoms with Crippen LogP contribution in [0.5, 0.6) is 5.75 Å². The van der Waals surface area contributed by atoms with Gasteiger partial charge in [0.1, 0.15) is 16.8 Å². The first-order chi connectivity index (χ1) is 14.8. The molecule has 0 spiro atoms. The van der Waals surface area contributed by atoms with Crippen LogP contribution in [0.2, 0.25) is 10.0 Å². The fourth-order valence-electron chi connectivity index (χ4n) is 5.06. The maximum absolute atomic E-state index is 12.5. The van der Waals surface area contributed by atoms with Gasteiger partial charge < -0.3 is 19.8 Å². The second kappa shape index (κ2) is 8.45. The first-order valence-electron chi connectivity index (χ1n) is 10.3. The number of carbonyl (C=O) groups is 3. The monoisotopic (exact) mass is 467 g/mol. The van der Waals surface area contributed by atoms with E-state index in [9.17, 15) is 24.6 Å². The zero-order valence-corrected chi connectivity index (χ0v) is 18.3. The normalized spacial score (nSPS) is 24.6. The summed E-state index contributed by atoms with van der Waals surface area (Å²) < 4.78 is 5.68. The molecule has 1 fully saturated rings. The van der Waals surface area contributed by atoms with Gasteiger partial charge in [0.2, 0.25) is 0 Å². The molecule has 166 valence electrons. The van der Waals surface area contributed by atoms with Crippen LogP contribution in [-0.2, 0) is 20.8 Å². The molecule has 0 saturated carbocycles. The highest BCUT2D eigenvalue weighted by Gasteiger charge is 2.45. The van der Waals surface area contributed by atoms with Crippen molar-refractivity contribution in [3.05, 3.63) is 33.3 Å². The van der Waals surface area contributed by atoms with E-state index in [1.165, 1.54) is 4.90 Å². The summed E-state index contributed by atoms with van der Waals surface area (Å²) in [5, 5.41) is 19.3. The average molecular weight is 468 g/mol. The topological polar surface area (TPSA) is 104 Å². The molecule has 31 heavy (non-hydrogen) atoms. The van der Waals surface area contributed by atoms with Crippen LogP contribution in [-0.4, -0.2) is 58.6 Å². The summed E-state index contributed by atoms with van der Waals surface area (Å²) in [5.41, 5.74) is 2.01. The van der Waals surface area contributed by atoms with Gasteiger partial charge >= 0.3 is 5.97 Å². The molecule has 2 atom stereocenters. The van der Waals surface area contributed by atoms with Crippen LogP contribution in [0.15, 0.2) is 12.1 Å². The van der Waals surface area contributed by atoms with Gasteiger partial charge in [0, 0.05) is 30.6 Å². The lowest BCUT2D eigenvalue weighted by Gasteiger charge is -2.33. The minimum atomic E-state index is -1.02. The van der Waals surface area contributed by atoms with Crippen LogP contribution < -0.4 is 4.74 Å². The van der Waals surface area contributed by atoms with Gasteiger partial charge in [0.05, 0.1) is 5.02 Å². The van der Waals surface area contributed by atoms with E-state index in [1.807, 2.05) is 0 Å². The summed E-state index contributed by atoms with van der Waals surface area (Å²) >= 11 is 13.0. The van der Waals surface area contributed by atoms with Crippen molar-refractivity contribution in [3.8, 4) is 5.75 Å². The van der Waals surface area contributed by atoms with Crippen molar-refractivity contribution in [1.29, 1.82) is 0 Å². The summed E-state index contributed by atoms with van der Waals surface area (Å²) in [5.74, 6) is -1.18. The number of hydrogen-bond donors (Lipinski definition) is 2. The molecule has 1 unspecified atom stereocenters. The number of rotatable bonds is 6. The zero-order valence-electron chi connectivity index (χ0n) is 16.8. The molecule has 1 amide bonds. The fraction of sp³-hybridized carbons (Fsp3) is 0.500. The molecule has 7 nitrogen and oxygen atoms in total. The zero-order chi connectivity index (χ0) is 22.3. The molecule has 0 aromatic heterocycles. The van der Waals surface area contributed by atoms with Gasteiger partial charge in [-0.3, -0.25) is 9.59 Å². The van der Waals surface area contributed by atoms with E-state index in [1.54, 1.807) is 12.1 Å². The number of aliphatic hydroxyl groups is 1. The van der Waals surface area contributed by atoms with Crippen molar-refractivity contribution in [2.24, 2.45) is 5.41 Å². The van der Waals surface area contributed by atoms with E-state index in [0.717, 1.165) is 11.1 Å². The molecule has 1 heterocycles. The van der Waals surface area contributed by atoms with Gasteiger partial charge in [-0.05, 0) is 55.4 Å². The maximum Gasteiger partial charge on any atom is 0.326 e. The van der Waals surface area contributed by atoms with E-state index in [4.69, 9.17) is 27.9 Å². The minimum absolute atomic E-state index is 0.0106. The molecule has 0 radical (unpaired) electrons. The van der Waals surface area contributed by atoms with Crippen molar-refractivity contribution in [3.63, 3.8) is 0 Å². The van der Waals surface area contributed by atoms with Crippen molar-refractivity contribution in [2.45, 2.75) is 44.6 Å². The molecule has 1 aliphatic heterocycles. The SMILES string of the molecule is O=C1C=C2c3c(cc(OCC(=O)N4CCC[C@H]4C(=O)O)c(Cl)c3Cl)CC2(CCO)CC1. The molecule has 9 heteroatoms. The molecule has 1 saturated heterocycles. The number of carbonyl (C=O) groups excluding carboxylic acids is 2. The second-order valence-electron chi connectivity index (χ2n) is 8.36. The van der Waals surface area contributed by atoms with Crippen LogP contribution >= 0.6 is 23.2 Å². The smallest absolute Gasteiger partial charge is 0.326 e. The van der Waals surface area contributed by atoms with E-state index in [-0.39, 0.29) is 40.2 Å². The number of hydrogen-bond acceptors (Lipinski definition) is 5. The number of amides is 1. The van der Waals surface area contributed by atoms with Crippen LogP contribution in [0, 0.1) is 5.41 Å². The van der Waals surface area contributed by atoms with E-state index >= 15 is 0 Å². The summed E-state index contributed by atoms with van der Waals surface area (Å²) in [4.78, 5) is 37.2. The third kappa shape index (κ3) is 3.83. The molecule has 1 aromatic carbocycles. The van der Waals surface area contributed by atoms with Crippen molar-refractivity contribution in [1.82, 2.24) is 4.90 Å². The number of aliphatic carboxylic acids is 1. The average Bonchev–Trinajstić information content (AvgIpc) is 3.33. The molecular weight excluding hydrogens is 445 g/mol. The molecule has 0 bridgehead atoms. The van der Waals surface area contributed by atoms with Crippen LogP contribution in [0.1, 0.15) is 43.2 Å². The van der Waals surface area contributed by atoms with Crippen molar-refractivity contribution < 1.29 is 29.3 Å². The lowest BCUT2D eigenvalue weighted by Crippen LogP contribution is -2.42. The number of halogens is 2. The van der Waals surface area contributed by atoms with Crippen LogP contribution in [0.25, 0.3) is 5.57 Å². The lowest BCUT2D eigenvalue weighted by molar-refractivity contribution is -0.148. The third-order valence-electron chi connectivity index (χ3n) is 6.58. The number of aliphatic hydroxyl groups excluding tert-OH is 1. The number of benzene rings is 1. The molecule has 4 rings (SSSR count). The lowest BCUT2D eigenvalue weighted by atomic mass is 9.70. The summed E-state index contributed by atoms with van der Waals surface area (Å²) in [7, 11) is 0. The predicted octanol–water partition coefficient (Wildman–Crippen LogP) is 3.12. The van der Waals surface area contributed by atoms with Crippen LogP contribution in [0.3, 0.4) is 0 Å². The number of allylic oxidation sites excluding steroid dienone is 2. The minimum Gasteiger partial charge on any atom is -0.482 e. The Morgan fingerprint density at radius 2 is 2.06 bits per heavy atom. The highest BCUT2D eigenvalue weighted by atomic mass is 35.5. The maximum atomic E-state index is 12.5. The quantitative estimate of drug-likeness (QED) is 0.665. The third-order valence-corrected chi connectivity index (χ3v) is 7.43. The fourth-order valence-corrected chi connectivity index (χ4v) is 5.58. The van der Waals surface area contributed by atoms with E-state index < -0.39 is 17.9 Å². The Morgan fingerprint density at radius 3 is 2.77 bits per heavy atom. The van der Waals surface area contributed by atoms with Gasteiger partial charge in [-0.2, -0.15) is 0 Å². The van der Waals surface area contributed by atoms with E-state index in [2.05, 4.69) is 0 Å². The Hall–Kier alpha value is -2.09. The molecular formula is C22H23Cl2NO6. The van der Waals surface area contributed by atoms with E-state index in [0.29, 0.717) is 50.6 Å².